The zero-order valence-corrected chi connectivity index (χ0v) is 14.7. The average Bonchev–Trinajstić information content (AvgIpc) is 2.94. The van der Waals surface area contributed by atoms with Crippen LogP contribution in [0.4, 0.5) is 0 Å². The third-order valence-corrected chi connectivity index (χ3v) is 4.67. The SMILES string of the molecule is Cc1noc2c1-c1ccccc1C(c1ccc(Cl)cc1)=NC2CC(=O)O. The third kappa shape index (κ3) is 2.80. The van der Waals surface area contributed by atoms with Gasteiger partial charge in [0.25, 0.3) is 0 Å². The largest absolute Gasteiger partial charge is 0.481 e. The fourth-order valence-corrected chi connectivity index (χ4v) is 3.40. The number of aryl methyl sites for hydroxylation is 1. The van der Waals surface area contributed by atoms with E-state index in [1.165, 1.54) is 0 Å². The molecule has 1 unspecified atom stereocenters. The van der Waals surface area contributed by atoms with Crippen molar-refractivity contribution in [3.63, 3.8) is 0 Å². The summed E-state index contributed by atoms with van der Waals surface area (Å²) in [5, 5.41) is 14.0. The lowest BCUT2D eigenvalue weighted by atomic mass is 9.93. The molecule has 5 nitrogen and oxygen atoms in total. The van der Waals surface area contributed by atoms with Crippen LogP contribution in [-0.4, -0.2) is 21.9 Å². The normalized spacial score (nSPS) is 15.6. The summed E-state index contributed by atoms with van der Waals surface area (Å²) >= 11 is 6.02. The Kier molecular flexibility index (Phi) is 4.09. The molecular formula is C20H15ClN2O3. The molecule has 0 amide bonds. The van der Waals surface area contributed by atoms with Crippen LogP contribution in [0.1, 0.15) is 35.0 Å². The molecule has 4 rings (SSSR count). The Balaban J connectivity index is 1.99. The van der Waals surface area contributed by atoms with Crippen LogP contribution in [-0.2, 0) is 4.79 Å². The molecule has 26 heavy (non-hydrogen) atoms. The Morgan fingerprint density at radius 1 is 1.15 bits per heavy atom. The Morgan fingerprint density at radius 3 is 2.54 bits per heavy atom. The zero-order valence-electron chi connectivity index (χ0n) is 13.9. The van der Waals surface area contributed by atoms with E-state index in [9.17, 15) is 9.90 Å². The van der Waals surface area contributed by atoms with Crippen LogP contribution in [0.3, 0.4) is 0 Å². The van der Waals surface area contributed by atoms with Crippen molar-refractivity contribution in [1.29, 1.82) is 0 Å². The van der Waals surface area contributed by atoms with E-state index in [4.69, 9.17) is 21.1 Å². The number of benzene rings is 2. The van der Waals surface area contributed by atoms with Crippen LogP contribution in [0.25, 0.3) is 11.1 Å². The summed E-state index contributed by atoms with van der Waals surface area (Å²) in [5.41, 5.74) is 4.97. The predicted octanol–water partition coefficient (Wildman–Crippen LogP) is 4.67. The van der Waals surface area contributed by atoms with Gasteiger partial charge in [0.05, 0.1) is 23.4 Å². The topological polar surface area (TPSA) is 75.7 Å². The molecule has 6 heteroatoms. The summed E-state index contributed by atoms with van der Waals surface area (Å²) in [6, 6.07) is 14.5. The molecule has 0 spiro atoms. The van der Waals surface area contributed by atoms with E-state index in [0.717, 1.165) is 27.9 Å². The first kappa shape index (κ1) is 16.5. The lowest BCUT2D eigenvalue weighted by Gasteiger charge is -2.11. The minimum absolute atomic E-state index is 0.174. The molecule has 0 saturated heterocycles. The first-order valence-electron chi connectivity index (χ1n) is 8.16. The van der Waals surface area contributed by atoms with Crippen LogP contribution in [0, 0.1) is 6.92 Å². The van der Waals surface area contributed by atoms with Gasteiger partial charge in [0, 0.05) is 16.1 Å². The van der Waals surface area contributed by atoms with E-state index >= 15 is 0 Å². The summed E-state index contributed by atoms with van der Waals surface area (Å²) in [5.74, 6) is -0.457. The van der Waals surface area contributed by atoms with Gasteiger partial charge in [0.15, 0.2) is 5.76 Å². The minimum Gasteiger partial charge on any atom is -0.481 e. The number of carboxylic acids is 1. The molecule has 1 aliphatic rings. The quantitative estimate of drug-likeness (QED) is 0.730. The number of fused-ring (bicyclic) bond motifs is 3. The highest BCUT2D eigenvalue weighted by atomic mass is 35.5. The fourth-order valence-electron chi connectivity index (χ4n) is 3.28. The highest BCUT2D eigenvalue weighted by Gasteiger charge is 2.31. The molecular weight excluding hydrogens is 352 g/mol. The second kappa shape index (κ2) is 6.42. The van der Waals surface area contributed by atoms with Crippen molar-refractivity contribution < 1.29 is 14.4 Å². The van der Waals surface area contributed by atoms with Crippen molar-refractivity contribution in [2.45, 2.75) is 19.4 Å². The first-order valence-corrected chi connectivity index (χ1v) is 8.54. The van der Waals surface area contributed by atoms with E-state index in [1.807, 2.05) is 43.3 Å². The number of aliphatic imine (C=N–C) groups is 1. The van der Waals surface area contributed by atoms with Gasteiger partial charge in [-0.25, -0.2) is 0 Å². The molecule has 0 fully saturated rings. The molecule has 0 bridgehead atoms. The van der Waals surface area contributed by atoms with Crippen molar-refractivity contribution in [3.8, 4) is 11.1 Å². The minimum atomic E-state index is -0.944. The standard InChI is InChI=1S/C20H15ClN2O3/c1-11-18-14-4-2-3-5-15(14)19(12-6-8-13(21)9-7-12)22-16(10-17(24)25)20(18)26-23-11/h2-9,16H,10H2,1H3,(H,24,25). The van der Waals surface area contributed by atoms with Crippen LogP contribution >= 0.6 is 11.6 Å². The van der Waals surface area contributed by atoms with Gasteiger partial charge < -0.3 is 9.63 Å². The Morgan fingerprint density at radius 2 is 1.85 bits per heavy atom. The number of hydrogen-bond acceptors (Lipinski definition) is 4. The van der Waals surface area contributed by atoms with Crippen molar-refractivity contribution in [3.05, 3.63) is 76.1 Å². The first-order chi connectivity index (χ1) is 12.5. The summed E-state index contributed by atoms with van der Waals surface area (Å²) in [4.78, 5) is 16.2. The second-order valence-electron chi connectivity index (χ2n) is 6.15. The van der Waals surface area contributed by atoms with Crippen molar-refractivity contribution in [1.82, 2.24) is 5.16 Å². The monoisotopic (exact) mass is 366 g/mol. The molecule has 0 aliphatic carbocycles. The van der Waals surface area contributed by atoms with Crippen LogP contribution < -0.4 is 0 Å². The smallest absolute Gasteiger partial charge is 0.306 e. The van der Waals surface area contributed by atoms with Gasteiger partial charge in [-0.1, -0.05) is 53.2 Å². The molecule has 1 aromatic heterocycles. The van der Waals surface area contributed by atoms with Gasteiger partial charge in [-0.15, -0.1) is 0 Å². The highest BCUT2D eigenvalue weighted by Crippen LogP contribution is 2.40. The van der Waals surface area contributed by atoms with Gasteiger partial charge in [-0.3, -0.25) is 9.79 Å². The Bertz CT molecular complexity index is 1020. The van der Waals surface area contributed by atoms with Crippen molar-refractivity contribution in [2.24, 2.45) is 4.99 Å². The lowest BCUT2D eigenvalue weighted by molar-refractivity contribution is -0.137. The fraction of sp³-hybridized carbons (Fsp3) is 0.150. The predicted molar refractivity (Wildman–Crippen MR) is 98.8 cm³/mol. The number of aromatic nitrogens is 1. The summed E-state index contributed by atoms with van der Waals surface area (Å²) in [7, 11) is 0. The molecule has 3 aromatic rings. The van der Waals surface area contributed by atoms with Gasteiger partial charge in [0.2, 0.25) is 0 Å². The summed E-state index contributed by atoms with van der Waals surface area (Å²) in [6.07, 6.45) is -0.174. The van der Waals surface area contributed by atoms with Crippen LogP contribution in [0.15, 0.2) is 58.0 Å². The van der Waals surface area contributed by atoms with Gasteiger partial charge in [-0.05, 0) is 24.6 Å². The van der Waals surface area contributed by atoms with Gasteiger partial charge in [-0.2, -0.15) is 0 Å². The molecule has 1 aliphatic heterocycles. The number of aliphatic carboxylic acids is 1. The zero-order chi connectivity index (χ0) is 18.3. The maximum atomic E-state index is 11.4. The summed E-state index contributed by atoms with van der Waals surface area (Å²) in [6.45, 7) is 1.85. The molecule has 1 atom stereocenters. The number of nitrogens with zero attached hydrogens (tertiary/aromatic N) is 2. The van der Waals surface area contributed by atoms with Gasteiger partial charge in [0.1, 0.15) is 6.04 Å². The number of hydrogen-bond donors (Lipinski definition) is 1. The number of carboxylic acid groups (broad SMARTS) is 1. The molecule has 2 aromatic carbocycles. The molecule has 0 radical (unpaired) electrons. The average molecular weight is 367 g/mol. The van der Waals surface area contributed by atoms with Crippen LogP contribution in [0.2, 0.25) is 5.02 Å². The number of carbonyl (C=O) groups is 1. The Hall–Kier alpha value is -2.92. The maximum Gasteiger partial charge on any atom is 0.306 e. The second-order valence-corrected chi connectivity index (χ2v) is 6.59. The van der Waals surface area contributed by atoms with Crippen molar-refractivity contribution >= 4 is 23.3 Å². The third-order valence-electron chi connectivity index (χ3n) is 4.41. The van der Waals surface area contributed by atoms with E-state index in [-0.39, 0.29) is 6.42 Å². The number of halogens is 1. The van der Waals surface area contributed by atoms with Crippen molar-refractivity contribution in [2.75, 3.05) is 0 Å². The van der Waals surface area contributed by atoms with E-state index in [0.29, 0.717) is 16.5 Å². The molecule has 1 N–H and O–H groups in total. The number of rotatable bonds is 3. The van der Waals surface area contributed by atoms with Gasteiger partial charge >= 0.3 is 5.97 Å². The lowest BCUT2D eigenvalue weighted by Crippen LogP contribution is -2.08. The van der Waals surface area contributed by atoms with E-state index < -0.39 is 12.0 Å². The van der Waals surface area contributed by atoms with E-state index in [1.54, 1.807) is 12.1 Å². The Labute approximate surface area is 154 Å². The van der Waals surface area contributed by atoms with E-state index in [2.05, 4.69) is 5.16 Å². The highest BCUT2D eigenvalue weighted by molar-refractivity contribution is 6.30. The maximum absolute atomic E-state index is 11.4. The molecule has 2 heterocycles. The molecule has 0 saturated carbocycles. The molecule has 130 valence electrons. The summed E-state index contributed by atoms with van der Waals surface area (Å²) < 4.78 is 5.50. The van der Waals surface area contributed by atoms with Crippen LogP contribution in [0.5, 0.6) is 0 Å².